The first-order valence-electron chi connectivity index (χ1n) is 8.62. The first-order chi connectivity index (χ1) is 9.83. The molecular weight excluding hydrogens is 375 g/mol. The molecule has 1 aliphatic heterocycles. The van der Waals surface area contributed by atoms with Gasteiger partial charge in [-0.2, -0.15) is 0 Å². The summed E-state index contributed by atoms with van der Waals surface area (Å²) in [4.78, 5) is 7.46. The largest absolute Gasteiger partial charge is 0.357 e. The quantitative estimate of drug-likeness (QED) is 0.403. The molecule has 1 atom stereocenters. The summed E-state index contributed by atoms with van der Waals surface area (Å²) >= 11 is 0. The van der Waals surface area contributed by atoms with Gasteiger partial charge in [0, 0.05) is 18.6 Å². The number of aliphatic imine (C=N–C) groups is 1. The molecule has 21 heavy (non-hydrogen) atoms. The predicted octanol–water partition coefficient (Wildman–Crippen LogP) is 2.98. The van der Waals surface area contributed by atoms with Crippen molar-refractivity contribution in [2.45, 2.75) is 70.9 Å². The Morgan fingerprint density at radius 2 is 1.81 bits per heavy atom. The second-order valence-electron chi connectivity index (χ2n) is 6.15. The zero-order chi connectivity index (χ0) is 14.2. The average Bonchev–Trinajstić information content (AvgIpc) is 3.12. The molecule has 0 amide bonds. The molecule has 0 radical (unpaired) electrons. The average molecular weight is 408 g/mol. The summed E-state index contributed by atoms with van der Waals surface area (Å²) in [5.74, 6) is 1.03. The molecule has 1 heterocycles. The Kier molecular flexibility index (Phi) is 9.64. The van der Waals surface area contributed by atoms with Crippen molar-refractivity contribution in [3.63, 3.8) is 0 Å². The number of guanidine groups is 1. The van der Waals surface area contributed by atoms with Crippen molar-refractivity contribution in [1.82, 2.24) is 15.5 Å². The number of nitrogens with zero attached hydrogens (tertiary/aromatic N) is 2. The molecule has 0 bridgehead atoms. The third kappa shape index (κ3) is 6.30. The number of likely N-dealkylation sites (tertiary alicyclic amines) is 1. The van der Waals surface area contributed by atoms with E-state index < -0.39 is 0 Å². The fraction of sp³-hybridized carbons (Fsp3) is 0.938. The van der Waals surface area contributed by atoms with Gasteiger partial charge in [0.2, 0.25) is 0 Å². The second kappa shape index (κ2) is 10.6. The van der Waals surface area contributed by atoms with Gasteiger partial charge in [-0.3, -0.25) is 9.89 Å². The van der Waals surface area contributed by atoms with Crippen molar-refractivity contribution in [2.24, 2.45) is 4.99 Å². The molecule has 2 N–H and O–H groups in total. The van der Waals surface area contributed by atoms with Gasteiger partial charge in [-0.15, -0.1) is 24.0 Å². The van der Waals surface area contributed by atoms with E-state index in [-0.39, 0.29) is 24.0 Å². The first-order valence-corrected chi connectivity index (χ1v) is 8.62. The van der Waals surface area contributed by atoms with Gasteiger partial charge in [-0.1, -0.05) is 19.8 Å². The number of hydrogen-bond donors (Lipinski definition) is 2. The van der Waals surface area contributed by atoms with Crippen LogP contribution in [0.2, 0.25) is 0 Å². The van der Waals surface area contributed by atoms with Crippen LogP contribution in [0.4, 0.5) is 0 Å². The summed E-state index contributed by atoms with van der Waals surface area (Å²) in [7, 11) is 0. The highest BCUT2D eigenvalue weighted by atomic mass is 127. The van der Waals surface area contributed by atoms with Crippen molar-refractivity contribution in [3.8, 4) is 0 Å². The minimum Gasteiger partial charge on any atom is -0.357 e. The Morgan fingerprint density at radius 3 is 2.38 bits per heavy atom. The van der Waals surface area contributed by atoms with Crippen LogP contribution in [0.15, 0.2) is 4.99 Å². The Balaban J connectivity index is 0.00000220. The zero-order valence-electron chi connectivity index (χ0n) is 13.7. The van der Waals surface area contributed by atoms with Crippen molar-refractivity contribution < 1.29 is 0 Å². The van der Waals surface area contributed by atoms with E-state index in [9.17, 15) is 0 Å². The van der Waals surface area contributed by atoms with Crippen LogP contribution < -0.4 is 10.6 Å². The van der Waals surface area contributed by atoms with Crippen molar-refractivity contribution in [1.29, 1.82) is 0 Å². The molecule has 0 aromatic rings. The molecule has 2 aliphatic rings. The zero-order valence-corrected chi connectivity index (χ0v) is 16.1. The van der Waals surface area contributed by atoms with Gasteiger partial charge < -0.3 is 10.6 Å². The number of hydrogen-bond acceptors (Lipinski definition) is 2. The maximum Gasteiger partial charge on any atom is 0.191 e. The Morgan fingerprint density at radius 1 is 1.14 bits per heavy atom. The van der Waals surface area contributed by atoms with Crippen LogP contribution in [-0.2, 0) is 0 Å². The van der Waals surface area contributed by atoms with Gasteiger partial charge in [0.25, 0.3) is 0 Å². The minimum atomic E-state index is 0. The summed E-state index contributed by atoms with van der Waals surface area (Å²) in [6.07, 6.45) is 9.25. The van der Waals surface area contributed by atoms with Gasteiger partial charge in [0.05, 0.1) is 6.54 Å². The van der Waals surface area contributed by atoms with Crippen molar-refractivity contribution >= 4 is 29.9 Å². The number of rotatable bonds is 6. The van der Waals surface area contributed by atoms with Gasteiger partial charge in [0.15, 0.2) is 5.96 Å². The molecule has 2 rings (SSSR count). The smallest absolute Gasteiger partial charge is 0.191 e. The summed E-state index contributed by atoms with van der Waals surface area (Å²) in [5, 5.41) is 7.01. The van der Waals surface area contributed by atoms with E-state index in [1.807, 2.05) is 0 Å². The lowest BCUT2D eigenvalue weighted by molar-refractivity contribution is 0.242. The molecule has 1 saturated heterocycles. The third-order valence-corrected chi connectivity index (χ3v) is 4.63. The molecule has 4 nitrogen and oxygen atoms in total. The number of nitrogens with one attached hydrogen (secondary N) is 2. The highest BCUT2D eigenvalue weighted by Crippen LogP contribution is 2.17. The molecule has 1 saturated carbocycles. The van der Waals surface area contributed by atoms with E-state index in [1.165, 1.54) is 58.0 Å². The first kappa shape index (κ1) is 19.0. The highest BCUT2D eigenvalue weighted by molar-refractivity contribution is 14.0. The van der Waals surface area contributed by atoms with Crippen LogP contribution in [0.3, 0.4) is 0 Å². The lowest BCUT2D eigenvalue weighted by Crippen LogP contribution is -2.43. The lowest BCUT2D eigenvalue weighted by Gasteiger charge is -2.25. The van der Waals surface area contributed by atoms with Gasteiger partial charge in [0.1, 0.15) is 0 Å². The SMILES string of the molecule is CCNC(=NCC(CC)N1CCCC1)NC1CCCC1.I. The molecule has 2 fully saturated rings. The molecule has 1 unspecified atom stereocenters. The summed E-state index contributed by atoms with van der Waals surface area (Å²) in [5.41, 5.74) is 0. The van der Waals surface area contributed by atoms with Gasteiger partial charge >= 0.3 is 0 Å². The highest BCUT2D eigenvalue weighted by Gasteiger charge is 2.20. The Labute approximate surface area is 147 Å². The minimum absolute atomic E-state index is 0. The van der Waals surface area contributed by atoms with Gasteiger partial charge in [-0.25, -0.2) is 0 Å². The van der Waals surface area contributed by atoms with E-state index in [0.717, 1.165) is 19.0 Å². The lowest BCUT2D eigenvalue weighted by atomic mass is 10.2. The van der Waals surface area contributed by atoms with Crippen LogP contribution in [0.5, 0.6) is 0 Å². The predicted molar refractivity (Wildman–Crippen MR) is 102 cm³/mol. The fourth-order valence-corrected chi connectivity index (χ4v) is 3.39. The van der Waals surface area contributed by atoms with Crippen molar-refractivity contribution in [2.75, 3.05) is 26.2 Å². The molecule has 0 aromatic carbocycles. The monoisotopic (exact) mass is 408 g/mol. The maximum absolute atomic E-state index is 4.85. The van der Waals surface area contributed by atoms with Crippen LogP contribution in [0, 0.1) is 0 Å². The van der Waals surface area contributed by atoms with E-state index in [2.05, 4.69) is 29.4 Å². The van der Waals surface area contributed by atoms with Crippen LogP contribution in [0.1, 0.15) is 58.8 Å². The Hall–Kier alpha value is -0.0400. The second-order valence-corrected chi connectivity index (χ2v) is 6.15. The van der Waals surface area contributed by atoms with E-state index in [4.69, 9.17) is 4.99 Å². The number of halogens is 1. The Bertz CT molecular complexity index is 297. The summed E-state index contributed by atoms with van der Waals surface area (Å²) < 4.78 is 0. The van der Waals surface area contributed by atoms with Crippen LogP contribution in [-0.4, -0.2) is 49.1 Å². The molecule has 5 heteroatoms. The summed E-state index contributed by atoms with van der Waals surface area (Å²) in [6, 6.07) is 1.26. The molecule has 0 aromatic heterocycles. The van der Waals surface area contributed by atoms with Gasteiger partial charge in [-0.05, 0) is 52.1 Å². The van der Waals surface area contributed by atoms with E-state index >= 15 is 0 Å². The topological polar surface area (TPSA) is 39.7 Å². The molecule has 0 spiro atoms. The van der Waals surface area contributed by atoms with E-state index in [0.29, 0.717) is 12.1 Å². The van der Waals surface area contributed by atoms with Crippen LogP contribution in [0.25, 0.3) is 0 Å². The molecule has 1 aliphatic carbocycles. The van der Waals surface area contributed by atoms with Crippen molar-refractivity contribution in [3.05, 3.63) is 0 Å². The fourth-order valence-electron chi connectivity index (χ4n) is 3.39. The van der Waals surface area contributed by atoms with Crippen LogP contribution >= 0.6 is 24.0 Å². The molecular formula is C16H33IN4. The standard InChI is InChI=1S/C16H32N4.HI/c1-3-15(20-11-7-8-12-20)13-18-16(17-4-2)19-14-9-5-6-10-14;/h14-15H,3-13H2,1-2H3,(H2,17,18,19);1H. The summed E-state index contributed by atoms with van der Waals surface area (Å²) in [6.45, 7) is 8.83. The third-order valence-electron chi connectivity index (χ3n) is 4.63. The maximum atomic E-state index is 4.85. The normalized spacial score (nSPS) is 22.1. The molecule has 124 valence electrons. The van der Waals surface area contributed by atoms with E-state index in [1.54, 1.807) is 0 Å².